The predicted octanol–water partition coefficient (Wildman–Crippen LogP) is -3.27. The minimum atomic E-state index is -1.36. The van der Waals surface area contributed by atoms with Gasteiger partial charge in [0.25, 0.3) is 0 Å². The fraction of sp³-hybridized carbons (Fsp3) is 0.783. The van der Waals surface area contributed by atoms with Gasteiger partial charge in [-0.05, 0) is 33.6 Å². The average Bonchev–Trinajstić information content (AvgIpc) is 2.87. The van der Waals surface area contributed by atoms with Gasteiger partial charge in [-0.1, -0.05) is 0 Å². The van der Waals surface area contributed by atoms with E-state index in [-0.39, 0.29) is 31.2 Å². The third-order valence-corrected chi connectivity index (χ3v) is 5.09. The zero-order valence-corrected chi connectivity index (χ0v) is 23.0. The molecule has 0 aliphatic heterocycles. The van der Waals surface area contributed by atoms with Crippen molar-refractivity contribution in [1.82, 2.24) is 16.0 Å². The van der Waals surface area contributed by atoms with Crippen LogP contribution in [0.1, 0.15) is 40.0 Å². The Labute approximate surface area is 228 Å². The number of aliphatic imine (C=N–C) groups is 1. The van der Waals surface area contributed by atoms with Gasteiger partial charge < -0.3 is 58.2 Å². The number of carboxylic acids is 1. The monoisotopic (exact) mass is 562 g/mol. The molecule has 0 heterocycles. The van der Waals surface area contributed by atoms with Crippen LogP contribution in [0.4, 0.5) is 0 Å². The molecule has 0 aromatic rings. The Kier molecular flexibility index (Phi) is 19.2. The number of hydrogen-bond donors (Lipinski definition) is 8. The Morgan fingerprint density at radius 3 is 2.26 bits per heavy atom. The summed E-state index contributed by atoms with van der Waals surface area (Å²) < 4.78 is 16.5. The fourth-order valence-corrected chi connectivity index (χ4v) is 2.95. The molecule has 226 valence electrons. The molecule has 0 aromatic carbocycles. The molecule has 0 aromatic heterocycles. The Balaban J connectivity index is 4.48. The predicted molar refractivity (Wildman–Crippen MR) is 143 cm³/mol. The molecular formula is C23H46N8O8. The zero-order valence-electron chi connectivity index (χ0n) is 23.0. The van der Waals surface area contributed by atoms with E-state index in [1.165, 1.54) is 0 Å². The van der Waals surface area contributed by atoms with Gasteiger partial charge in [0.2, 0.25) is 17.7 Å². The van der Waals surface area contributed by atoms with Crippen molar-refractivity contribution in [3.8, 4) is 0 Å². The molecule has 0 spiro atoms. The highest BCUT2D eigenvalue weighted by atomic mass is 16.5. The molecule has 39 heavy (non-hydrogen) atoms. The smallest absolute Gasteiger partial charge is 0.305 e. The topological polar surface area (TPSA) is 269 Å². The van der Waals surface area contributed by atoms with Crippen LogP contribution in [-0.2, 0) is 33.4 Å². The minimum absolute atomic E-state index is 0.0443. The van der Waals surface area contributed by atoms with Crippen molar-refractivity contribution in [2.45, 2.75) is 70.4 Å². The third-order valence-electron chi connectivity index (χ3n) is 5.09. The van der Waals surface area contributed by atoms with Gasteiger partial charge in [0.1, 0.15) is 6.04 Å². The van der Waals surface area contributed by atoms with Gasteiger partial charge in [0, 0.05) is 19.1 Å². The van der Waals surface area contributed by atoms with Crippen molar-refractivity contribution in [1.29, 1.82) is 0 Å². The third kappa shape index (κ3) is 19.6. The second-order valence-electron chi connectivity index (χ2n) is 9.04. The quantitative estimate of drug-likeness (QED) is 0.0367. The van der Waals surface area contributed by atoms with E-state index >= 15 is 0 Å². The van der Waals surface area contributed by atoms with E-state index < -0.39 is 54.8 Å². The molecule has 3 amide bonds. The van der Waals surface area contributed by atoms with E-state index in [4.69, 9.17) is 42.3 Å². The van der Waals surface area contributed by atoms with Crippen molar-refractivity contribution in [3.63, 3.8) is 0 Å². The normalized spacial score (nSPS) is 14.8. The van der Waals surface area contributed by atoms with Crippen LogP contribution in [0.25, 0.3) is 0 Å². The standard InChI is InChI=1S/C23H46N8O8/c1-14(12-39-16(3)13-37-7-8-38-15(2)10-24)30-22(36)18(9-20(33)34)31-19(32)11-29-21(35)17(25)5-4-6-28-23(26)27/h14-18H,4-13,24-25H2,1-3H3,(H,29,35)(H,30,36)(H,31,32)(H,33,34)(H4,26,27,28)/t14?,15?,16?,17-,18-/m0/s1. The average molecular weight is 563 g/mol. The van der Waals surface area contributed by atoms with Crippen molar-refractivity contribution >= 4 is 29.7 Å². The van der Waals surface area contributed by atoms with Gasteiger partial charge in [0.05, 0.1) is 57.6 Å². The number of rotatable bonds is 22. The van der Waals surface area contributed by atoms with Crippen molar-refractivity contribution in [2.24, 2.45) is 27.9 Å². The molecule has 0 aliphatic rings. The van der Waals surface area contributed by atoms with Gasteiger partial charge in [-0.25, -0.2) is 0 Å². The molecule has 5 atom stereocenters. The maximum atomic E-state index is 12.6. The Bertz CT molecular complexity index is 781. The molecular weight excluding hydrogens is 516 g/mol. The first-order valence-electron chi connectivity index (χ1n) is 12.8. The van der Waals surface area contributed by atoms with Crippen LogP contribution in [-0.4, -0.2) is 111 Å². The zero-order chi connectivity index (χ0) is 29.8. The number of aliphatic carboxylic acids is 1. The highest BCUT2D eigenvalue weighted by molar-refractivity contribution is 5.92. The molecule has 0 fully saturated rings. The number of carbonyl (C=O) groups excluding carboxylic acids is 3. The number of carboxylic acid groups (broad SMARTS) is 1. The van der Waals surface area contributed by atoms with Crippen LogP contribution in [0, 0.1) is 0 Å². The Morgan fingerprint density at radius 1 is 0.949 bits per heavy atom. The first-order chi connectivity index (χ1) is 18.3. The second-order valence-corrected chi connectivity index (χ2v) is 9.04. The first kappa shape index (κ1) is 35.9. The van der Waals surface area contributed by atoms with E-state index in [1.807, 2.05) is 6.92 Å². The van der Waals surface area contributed by atoms with Gasteiger partial charge in [-0.3, -0.25) is 24.2 Å². The van der Waals surface area contributed by atoms with E-state index in [2.05, 4.69) is 20.9 Å². The fourth-order valence-electron chi connectivity index (χ4n) is 2.95. The van der Waals surface area contributed by atoms with Gasteiger partial charge in [0.15, 0.2) is 5.96 Å². The lowest BCUT2D eigenvalue weighted by Gasteiger charge is -2.22. The largest absolute Gasteiger partial charge is 0.481 e. The summed E-state index contributed by atoms with van der Waals surface area (Å²) in [4.78, 5) is 52.0. The highest BCUT2D eigenvalue weighted by Gasteiger charge is 2.25. The van der Waals surface area contributed by atoms with E-state index in [9.17, 15) is 19.2 Å². The first-order valence-corrected chi connectivity index (χ1v) is 12.8. The van der Waals surface area contributed by atoms with Crippen LogP contribution in [0.3, 0.4) is 0 Å². The van der Waals surface area contributed by atoms with Crippen LogP contribution < -0.4 is 38.9 Å². The molecule has 16 heteroatoms. The molecule has 0 saturated carbocycles. The molecule has 0 rings (SSSR count). The molecule has 0 aliphatic carbocycles. The number of nitrogens with zero attached hydrogens (tertiary/aromatic N) is 1. The highest BCUT2D eigenvalue weighted by Crippen LogP contribution is 1.99. The maximum absolute atomic E-state index is 12.6. The second kappa shape index (κ2) is 20.9. The summed E-state index contributed by atoms with van der Waals surface area (Å²) in [5.41, 5.74) is 21.7. The van der Waals surface area contributed by atoms with Crippen molar-refractivity contribution < 1.29 is 38.5 Å². The lowest BCUT2D eigenvalue weighted by molar-refractivity contribution is -0.141. The van der Waals surface area contributed by atoms with E-state index in [1.54, 1.807) is 13.8 Å². The Morgan fingerprint density at radius 2 is 1.64 bits per heavy atom. The summed E-state index contributed by atoms with van der Waals surface area (Å²) in [6.07, 6.45) is -0.235. The lowest BCUT2D eigenvalue weighted by Crippen LogP contribution is -2.53. The SMILES string of the molecule is CC(COC(C)COCCOC(C)CN)NC(=O)[C@H](CC(=O)O)NC(=O)CNC(=O)[C@@H](N)CCCN=C(N)N. The minimum Gasteiger partial charge on any atom is -0.481 e. The molecule has 0 bridgehead atoms. The number of carbonyl (C=O) groups is 4. The summed E-state index contributed by atoms with van der Waals surface area (Å²) in [5.74, 6) is -3.41. The summed E-state index contributed by atoms with van der Waals surface area (Å²) in [7, 11) is 0. The van der Waals surface area contributed by atoms with Gasteiger partial charge >= 0.3 is 5.97 Å². The number of ether oxygens (including phenoxy) is 3. The van der Waals surface area contributed by atoms with Crippen LogP contribution in [0.2, 0.25) is 0 Å². The number of hydrogen-bond acceptors (Lipinski definition) is 10. The van der Waals surface area contributed by atoms with Crippen molar-refractivity contribution in [2.75, 3.05) is 46.1 Å². The van der Waals surface area contributed by atoms with Crippen LogP contribution in [0.15, 0.2) is 4.99 Å². The van der Waals surface area contributed by atoms with Crippen molar-refractivity contribution in [3.05, 3.63) is 0 Å². The summed E-state index contributed by atoms with van der Waals surface area (Å²) >= 11 is 0. The molecule has 16 nitrogen and oxygen atoms in total. The van der Waals surface area contributed by atoms with E-state index in [0.717, 1.165) is 0 Å². The van der Waals surface area contributed by atoms with Gasteiger partial charge in [-0.15, -0.1) is 0 Å². The number of guanidine groups is 1. The van der Waals surface area contributed by atoms with E-state index in [0.29, 0.717) is 39.3 Å². The number of nitrogens with one attached hydrogen (secondary N) is 3. The van der Waals surface area contributed by atoms with Gasteiger partial charge in [-0.2, -0.15) is 0 Å². The van der Waals surface area contributed by atoms with Crippen LogP contribution >= 0.6 is 0 Å². The Hall–Kier alpha value is -3.05. The lowest BCUT2D eigenvalue weighted by atomic mass is 10.1. The van der Waals surface area contributed by atoms with Crippen LogP contribution in [0.5, 0.6) is 0 Å². The maximum Gasteiger partial charge on any atom is 0.305 e. The summed E-state index contributed by atoms with van der Waals surface area (Å²) in [5, 5.41) is 16.4. The molecule has 0 saturated heterocycles. The summed E-state index contributed by atoms with van der Waals surface area (Å²) in [6.45, 7) is 6.80. The summed E-state index contributed by atoms with van der Waals surface area (Å²) in [6, 6.07) is -2.75. The molecule has 0 radical (unpaired) electrons. The number of amides is 3. The molecule has 3 unspecified atom stereocenters. The number of nitrogens with two attached hydrogens (primary N) is 4. The molecule has 12 N–H and O–H groups in total.